The third-order valence-corrected chi connectivity index (χ3v) is 6.01. The van der Waals surface area contributed by atoms with Gasteiger partial charge in [0.15, 0.2) is 0 Å². The van der Waals surface area contributed by atoms with Crippen LogP contribution >= 0.6 is 0 Å². The largest absolute Gasteiger partial charge is 0.481 e. The lowest BCUT2D eigenvalue weighted by molar-refractivity contribution is -0.162. The molecule has 3 rings (SSSR count). The van der Waals surface area contributed by atoms with E-state index in [9.17, 15) is 24.6 Å². The lowest BCUT2D eigenvalue weighted by atomic mass is 9.73. The van der Waals surface area contributed by atoms with E-state index in [0.29, 0.717) is 30.5 Å². The molecule has 7 nitrogen and oxygen atoms in total. The number of nitrogens with one attached hydrogen (secondary N) is 1. The van der Waals surface area contributed by atoms with Crippen molar-refractivity contribution in [2.45, 2.75) is 45.1 Å². The van der Waals surface area contributed by atoms with Crippen molar-refractivity contribution in [3.63, 3.8) is 0 Å². The van der Waals surface area contributed by atoms with Gasteiger partial charge >= 0.3 is 5.97 Å². The number of H-pyrrole nitrogens is 1. The van der Waals surface area contributed by atoms with E-state index in [-0.39, 0.29) is 37.4 Å². The Morgan fingerprint density at radius 2 is 1.93 bits per heavy atom. The number of aromatic amines is 1. The molecule has 1 aromatic heterocycles. The van der Waals surface area contributed by atoms with Gasteiger partial charge in [-0.2, -0.15) is 0 Å². The monoisotopic (exact) mass is 412 g/mol. The van der Waals surface area contributed by atoms with Gasteiger partial charge in [0.25, 0.3) is 5.91 Å². The van der Waals surface area contributed by atoms with Crippen LogP contribution in [-0.4, -0.2) is 51.2 Å². The number of aryl methyl sites for hydroxylation is 2. The fraction of sp³-hybridized carbons (Fsp3) is 0.435. The van der Waals surface area contributed by atoms with Gasteiger partial charge in [-0.1, -0.05) is 37.3 Å². The average Bonchev–Trinajstić information content (AvgIpc) is 2.75. The molecule has 0 aliphatic carbocycles. The molecule has 0 spiro atoms. The van der Waals surface area contributed by atoms with Crippen molar-refractivity contribution in [3.8, 4) is 0 Å². The maximum atomic E-state index is 13.1. The fourth-order valence-corrected chi connectivity index (χ4v) is 4.24. The molecule has 1 aliphatic rings. The third kappa shape index (κ3) is 4.46. The summed E-state index contributed by atoms with van der Waals surface area (Å²) in [6.07, 6.45) is 1.23. The maximum absolute atomic E-state index is 13.1. The van der Waals surface area contributed by atoms with Crippen LogP contribution in [0.1, 0.15) is 47.8 Å². The zero-order valence-electron chi connectivity index (χ0n) is 17.1. The van der Waals surface area contributed by atoms with Crippen LogP contribution in [-0.2, 0) is 17.6 Å². The predicted molar refractivity (Wildman–Crippen MR) is 112 cm³/mol. The number of aliphatic hydroxyl groups excluding tert-OH is 1. The molecule has 1 amide bonds. The number of likely N-dealkylation sites (tertiary alicyclic amines) is 1. The Morgan fingerprint density at radius 3 is 2.60 bits per heavy atom. The number of hydrogen-bond acceptors (Lipinski definition) is 4. The number of aliphatic carboxylic acids is 1. The normalized spacial score (nSPS) is 21.4. The minimum Gasteiger partial charge on any atom is -0.481 e. The number of aromatic nitrogens is 1. The van der Waals surface area contributed by atoms with Crippen LogP contribution in [0.4, 0.5) is 0 Å². The van der Waals surface area contributed by atoms with Crippen molar-refractivity contribution < 1.29 is 19.8 Å². The highest BCUT2D eigenvalue weighted by Crippen LogP contribution is 2.36. The second-order valence-electron chi connectivity index (χ2n) is 7.90. The molecule has 2 atom stereocenters. The molecule has 0 bridgehead atoms. The number of rotatable bonds is 7. The number of carboxylic acids is 1. The number of carbonyl (C=O) groups is 2. The summed E-state index contributed by atoms with van der Waals surface area (Å²) >= 11 is 0. The molecule has 1 aromatic carbocycles. The highest BCUT2D eigenvalue weighted by molar-refractivity contribution is 5.95. The summed E-state index contributed by atoms with van der Waals surface area (Å²) in [6.45, 7) is 2.06. The fourth-order valence-electron chi connectivity index (χ4n) is 4.24. The Hall–Kier alpha value is -2.93. The predicted octanol–water partition coefficient (Wildman–Crippen LogP) is 2.24. The van der Waals surface area contributed by atoms with Crippen LogP contribution in [0.2, 0.25) is 0 Å². The first-order chi connectivity index (χ1) is 14.4. The summed E-state index contributed by atoms with van der Waals surface area (Å²) in [4.78, 5) is 41.1. The summed E-state index contributed by atoms with van der Waals surface area (Å²) in [5.74, 6) is -1.40. The number of piperidine rings is 1. The Balaban J connectivity index is 1.79. The molecular weight excluding hydrogens is 384 g/mol. The lowest BCUT2D eigenvalue weighted by Crippen LogP contribution is -2.57. The van der Waals surface area contributed by atoms with Gasteiger partial charge in [-0.25, -0.2) is 0 Å². The van der Waals surface area contributed by atoms with Crippen LogP contribution in [0.15, 0.2) is 47.3 Å². The van der Waals surface area contributed by atoms with Gasteiger partial charge in [0, 0.05) is 24.8 Å². The molecule has 1 fully saturated rings. The van der Waals surface area contributed by atoms with Crippen LogP contribution in [0, 0.1) is 5.41 Å². The molecule has 0 radical (unpaired) electrons. The summed E-state index contributed by atoms with van der Waals surface area (Å²) < 4.78 is 0. The SMILES string of the molecule is CCc1[nH]c(=O)ccc1C(=O)N1CC[C@H](O)[C@](CCCc2ccccc2)(C(=O)O)C1. The molecule has 0 unspecified atom stereocenters. The number of nitrogens with zero attached hydrogens (tertiary/aromatic N) is 1. The Kier molecular flexibility index (Phi) is 6.72. The minimum absolute atomic E-state index is 0.0561. The van der Waals surface area contributed by atoms with Crippen LogP contribution < -0.4 is 5.56 Å². The van der Waals surface area contributed by atoms with Gasteiger partial charge in [0.05, 0.1) is 11.7 Å². The minimum atomic E-state index is -1.41. The number of benzene rings is 1. The van der Waals surface area contributed by atoms with Crippen molar-refractivity contribution in [1.29, 1.82) is 0 Å². The quantitative estimate of drug-likeness (QED) is 0.646. The van der Waals surface area contributed by atoms with E-state index in [2.05, 4.69) is 4.98 Å². The Bertz CT molecular complexity index is 956. The zero-order chi connectivity index (χ0) is 21.7. The van der Waals surface area contributed by atoms with E-state index < -0.39 is 17.5 Å². The van der Waals surface area contributed by atoms with Gasteiger partial charge in [0.2, 0.25) is 5.56 Å². The molecule has 3 N–H and O–H groups in total. The van der Waals surface area contributed by atoms with Crippen LogP contribution in [0.3, 0.4) is 0 Å². The highest BCUT2D eigenvalue weighted by atomic mass is 16.4. The van der Waals surface area contributed by atoms with Crippen molar-refractivity contribution in [2.24, 2.45) is 5.41 Å². The van der Waals surface area contributed by atoms with Crippen molar-refractivity contribution in [1.82, 2.24) is 9.88 Å². The van der Waals surface area contributed by atoms with E-state index in [1.807, 2.05) is 37.3 Å². The summed E-state index contributed by atoms with van der Waals surface area (Å²) in [7, 11) is 0. The lowest BCUT2D eigenvalue weighted by Gasteiger charge is -2.43. The maximum Gasteiger partial charge on any atom is 0.314 e. The molecule has 2 heterocycles. The summed E-state index contributed by atoms with van der Waals surface area (Å²) in [5, 5.41) is 20.6. The van der Waals surface area contributed by atoms with Crippen molar-refractivity contribution >= 4 is 11.9 Å². The number of hydrogen-bond donors (Lipinski definition) is 3. The van der Waals surface area contributed by atoms with Gasteiger partial charge in [-0.3, -0.25) is 14.4 Å². The number of aliphatic hydroxyl groups is 1. The zero-order valence-corrected chi connectivity index (χ0v) is 17.1. The Labute approximate surface area is 175 Å². The van der Waals surface area contributed by atoms with Gasteiger partial charge in [-0.15, -0.1) is 0 Å². The summed E-state index contributed by atoms with van der Waals surface area (Å²) in [6, 6.07) is 12.6. The van der Waals surface area contributed by atoms with Crippen LogP contribution in [0.5, 0.6) is 0 Å². The van der Waals surface area contributed by atoms with Gasteiger partial charge < -0.3 is 20.1 Å². The second-order valence-corrected chi connectivity index (χ2v) is 7.90. The first kappa shape index (κ1) is 21.8. The van der Waals surface area contributed by atoms with E-state index in [4.69, 9.17) is 0 Å². The van der Waals surface area contributed by atoms with Crippen molar-refractivity contribution in [3.05, 3.63) is 69.6 Å². The van der Waals surface area contributed by atoms with E-state index >= 15 is 0 Å². The number of carboxylic acid groups (broad SMARTS) is 1. The topological polar surface area (TPSA) is 111 Å². The smallest absolute Gasteiger partial charge is 0.314 e. The number of carbonyl (C=O) groups excluding carboxylic acids is 1. The average molecular weight is 412 g/mol. The molecule has 7 heteroatoms. The Morgan fingerprint density at radius 1 is 1.20 bits per heavy atom. The second kappa shape index (κ2) is 9.26. The molecule has 30 heavy (non-hydrogen) atoms. The van der Waals surface area contributed by atoms with E-state index in [0.717, 1.165) is 5.56 Å². The van der Waals surface area contributed by atoms with Gasteiger partial charge in [-0.05, 0) is 43.7 Å². The molecule has 160 valence electrons. The molecular formula is C23H28N2O5. The number of amides is 1. The van der Waals surface area contributed by atoms with Crippen LogP contribution in [0.25, 0.3) is 0 Å². The standard InChI is InChI=1S/C23H28N2O5/c1-2-18-17(10-11-20(27)24-18)21(28)25-14-12-19(26)23(15-25,22(29)30)13-6-9-16-7-4-3-5-8-16/h3-5,7-8,10-11,19,26H,2,6,9,12-15H2,1H3,(H,24,27)(H,29,30)/t19-,23+/m0/s1. The van der Waals surface area contributed by atoms with E-state index in [1.54, 1.807) is 0 Å². The van der Waals surface area contributed by atoms with Crippen molar-refractivity contribution in [2.75, 3.05) is 13.1 Å². The molecule has 1 aliphatic heterocycles. The third-order valence-electron chi connectivity index (χ3n) is 6.01. The first-order valence-corrected chi connectivity index (χ1v) is 10.3. The summed E-state index contributed by atoms with van der Waals surface area (Å²) in [5.41, 5.74) is 0.327. The van der Waals surface area contributed by atoms with Gasteiger partial charge in [0.1, 0.15) is 5.41 Å². The van der Waals surface area contributed by atoms with E-state index in [1.165, 1.54) is 17.0 Å². The molecule has 1 saturated heterocycles. The molecule has 2 aromatic rings. The highest BCUT2D eigenvalue weighted by Gasteiger charge is 2.49. The first-order valence-electron chi connectivity index (χ1n) is 10.3. The molecule has 0 saturated carbocycles. The number of pyridine rings is 1.